The van der Waals surface area contributed by atoms with Crippen LogP contribution in [0, 0.1) is 12.7 Å². The molecule has 0 saturated heterocycles. The molecule has 1 aromatic rings. The zero-order valence-electron chi connectivity index (χ0n) is 8.64. The predicted octanol–water partition coefficient (Wildman–Crippen LogP) is -0.404. The Morgan fingerprint density at radius 1 is 1.44 bits per heavy atom. The van der Waals surface area contributed by atoms with Crippen molar-refractivity contribution in [3.8, 4) is 0 Å². The highest BCUT2D eigenvalue weighted by atomic mass is 19.1. The number of carbonyl (C=O) groups excluding carboxylic acids is 1. The van der Waals surface area contributed by atoms with E-state index in [1.165, 1.54) is 6.07 Å². The van der Waals surface area contributed by atoms with Crippen molar-refractivity contribution >= 4 is 11.6 Å². The molecule has 0 aromatic heterocycles. The molecule has 1 aromatic carbocycles. The number of aliphatic hydroxyl groups is 2. The molecule has 6 heteroatoms. The first kappa shape index (κ1) is 12.4. The number of halogens is 1. The van der Waals surface area contributed by atoms with Gasteiger partial charge in [-0.15, -0.1) is 0 Å². The van der Waals surface area contributed by atoms with E-state index in [4.69, 9.17) is 11.5 Å². The average molecular weight is 228 g/mol. The molecule has 0 aliphatic carbocycles. The lowest BCUT2D eigenvalue weighted by molar-refractivity contribution is -0.131. The molecule has 0 aliphatic rings. The molecule has 1 amide bonds. The van der Waals surface area contributed by atoms with Gasteiger partial charge >= 0.3 is 0 Å². The molecular formula is C10H13FN2O3. The lowest BCUT2D eigenvalue weighted by atomic mass is 9.99. The normalized spacial score (nSPS) is 14.5. The molecule has 0 spiro atoms. The molecule has 0 saturated carbocycles. The number of anilines is 1. The highest BCUT2D eigenvalue weighted by molar-refractivity contribution is 5.79. The maximum Gasteiger partial charge on any atom is 0.249 e. The van der Waals surface area contributed by atoms with Gasteiger partial charge in [-0.1, -0.05) is 0 Å². The molecule has 1 rings (SSSR count). The monoisotopic (exact) mass is 228 g/mol. The summed E-state index contributed by atoms with van der Waals surface area (Å²) in [5.74, 6) is -1.72. The minimum atomic E-state index is -1.82. The second-order valence-electron chi connectivity index (χ2n) is 3.52. The van der Waals surface area contributed by atoms with Crippen LogP contribution in [-0.2, 0) is 4.79 Å². The SMILES string of the molecule is Cc1cc(F)cc(C(O)C(O)C(N)=O)c1N. The van der Waals surface area contributed by atoms with E-state index >= 15 is 0 Å². The maximum absolute atomic E-state index is 13.1. The lowest BCUT2D eigenvalue weighted by Crippen LogP contribution is -2.34. The van der Waals surface area contributed by atoms with Crippen LogP contribution in [0.3, 0.4) is 0 Å². The minimum absolute atomic E-state index is 0.0520. The number of benzene rings is 1. The van der Waals surface area contributed by atoms with Gasteiger partial charge in [0.15, 0.2) is 6.10 Å². The van der Waals surface area contributed by atoms with E-state index in [-0.39, 0.29) is 11.3 Å². The molecule has 0 aliphatic heterocycles. The second kappa shape index (κ2) is 4.46. The van der Waals surface area contributed by atoms with Crippen molar-refractivity contribution in [3.63, 3.8) is 0 Å². The van der Waals surface area contributed by atoms with E-state index in [0.717, 1.165) is 6.07 Å². The van der Waals surface area contributed by atoms with Gasteiger partial charge in [0.1, 0.15) is 11.9 Å². The van der Waals surface area contributed by atoms with Gasteiger partial charge in [-0.3, -0.25) is 4.79 Å². The third-order valence-electron chi connectivity index (χ3n) is 2.29. The number of aryl methyl sites for hydroxylation is 1. The number of primary amides is 1. The summed E-state index contributed by atoms with van der Waals surface area (Å²) in [6, 6.07) is 2.14. The smallest absolute Gasteiger partial charge is 0.249 e. The Hall–Kier alpha value is -1.66. The first-order chi connectivity index (χ1) is 7.34. The van der Waals surface area contributed by atoms with Gasteiger partial charge in [-0.05, 0) is 24.6 Å². The first-order valence-corrected chi connectivity index (χ1v) is 4.55. The van der Waals surface area contributed by atoms with E-state index < -0.39 is 23.9 Å². The molecule has 0 heterocycles. The first-order valence-electron chi connectivity index (χ1n) is 4.55. The Balaban J connectivity index is 3.17. The van der Waals surface area contributed by atoms with Gasteiger partial charge in [0.05, 0.1) is 0 Å². The van der Waals surface area contributed by atoms with Crippen LogP contribution in [0.25, 0.3) is 0 Å². The Bertz CT molecular complexity index is 423. The molecule has 2 unspecified atom stereocenters. The van der Waals surface area contributed by atoms with Crippen molar-refractivity contribution in [2.75, 3.05) is 5.73 Å². The number of hydrogen-bond acceptors (Lipinski definition) is 4. The molecule has 88 valence electrons. The summed E-state index contributed by atoms with van der Waals surface area (Å²) >= 11 is 0. The molecule has 6 N–H and O–H groups in total. The number of amides is 1. The van der Waals surface area contributed by atoms with E-state index in [2.05, 4.69) is 0 Å². The second-order valence-corrected chi connectivity index (χ2v) is 3.52. The predicted molar refractivity (Wildman–Crippen MR) is 55.7 cm³/mol. The standard InChI is InChI=1S/C10H13FN2O3/c1-4-2-5(11)3-6(7(4)12)8(14)9(15)10(13)16/h2-3,8-9,14-15H,12H2,1H3,(H2,13,16). The minimum Gasteiger partial charge on any atom is -0.398 e. The Labute approximate surface area is 91.5 Å². The van der Waals surface area contributed by atoms with E-state index in [9.17, 15) is 19.4 Å². The van der Waals surface area contributed by atoms with Crippen LogP contribution in [0.4, 0.5) is 10.1 Å². The summed E-state index contributed by atoms with van der Waals surface area (Å²) in [5, 5.41) is 18.8. The van der Waals surface area contributed by atoms with Crippen LogP contribution in [0.1, 0.15) is 17.2 Å². The maximum atomic E-state index is 13.1. The molecule has 2 atom stereocenters. The summed E-state index contributed by atoms with van der Waals surface area (Å²) in [6.07, 6.45) is -3.45. The molecule has 16 heavy (non-hydrogen) atoms. The van der Waals surface area contributed by atoms with Gasteiger partial charge in [0, 0.05) is 11.3 Å². The van der Waals surface area contributed by atoms with Gasteiger partial charge in [-0.2, -0.15) is 0 Å². The van der Waals surface area contributed by atoms with Gasteiger partial charge in [-0.25, -0.2) is 4.39 Å². The van der Waals surface area contributed by atoms with E-state index in [1.54, 1.807) is 6.92 Å². The Kier molecular flexibility index (Phi) is 3.46. The number of aliphatic hydroxyl groups excluding tert-OH is 2. The lowest BCUT2D eigenvalue weighted by Gasteiger charge is -2.18. The highest BCUT2D eigenvalue weighted by Crippen LogP contribution is 2.27. The third kappa shape index (κ3) is 2.29. The fourth-order valence-corrected chi connectivity index (χ4v) is 1.35. The Morgan fingerprint density at radius 2 is 2.00 bits per heavy atom. The molecule has 0 bridgehead atoms. The van der Waals surface area contributed by atoms with E-state index in [1.807, 2.05) is 0 Å². The quantitative estimate of drug-likeness (QED) is 0.527. The summed E-state index contributed by atoms with van der Waals surface area (Å²) in [6.45, 7) is 1.55. The molecule has 0 fully saturated rings. The van der Waals surface area contributed by atoms with Crippen LogP contribution in [0.5, 0.6) is 0 Å². The zero-order valence-corrected chi connectivity index (χ0v) is 8.64. The van der Waals surface area contributed by atoms with Crippen LogP contribution in [-0.4, -0.2) is 22.2 Å². The van der Waals surface area contributed by atoms with Crippen molar-refractivity contribution in [2.24, 2.45) is 5.73 Å². The molecule has 0 radical (unpaired) electrons. The van der Waals surface area contributed by atoms with Crippen LogP contribution in [0.2, 0.25) is 0 Å². The van der Waals surface area contributed by atoms with Crippen molar-refractivity contribution in [2.45, 2.75) is 19.1 Å². The van der Waals surface area contributed by atoms with Crippen molar-refractivity contribution in [1.82, 2.24) is 0 Å². The molecular weight excluding hydrogens is 215 g/mol. The number of nitrogen functional groups attached to an aromatic ring is 1. The number of nitrogens with two attached hydrogens (primary N) is 2. The van der Waals surface area contributed by atoms with Gasteiger partial charge < -0.3 is 21.7 Å². The summed E-state index contributed by atoms with van der Waals surface area (Å²) in [7, 11) is 0. The average Bonchev–Trinajstić information content (AvgIpc) is 2.21. The van der Waals surface area contributed by atoms with Crippen molar-refractivity contribution in [1.29, 1.82) is 0 Å². The fraction of sp³-hybridized carbons (Fsp3) is 0.300. The molecule has 5 nitrogen and oxygen atoms in total. The van der Waals surface area contributed by atoms with Gasteiger partial charge in [0.2, 0.25) is 5.91 Å². The highest BCUT2D eigenvalue weighted by Gasteiger charge is 2.26. The van der Waals surface area contributed by atoms with Crippen molar-refractivity contribution in [3.05, 3.63) is 29.1 Å². The number of carbonyl (C=O) groups is 1. The number of rotatable bonds is 3. The summed E-state index contributed by atoms with van der Waals surface area (Å²) < 4.78 is 13.1. The van der Waals surface area contributed by atoms with E-state index in [0.29, 0.717) is 5.56 Å². The van der Waals surface area contributed by atoms with Crippen molar-refractivity contribution < 1.29 is 19.4 Å². The summed E-state index contributed by atoms with van der Waals surface area (Å²) in [4.78, 5) is 10.7. The third-order valence-corrected chi connectivity index (χ3v) is 2.29. The Morgan fingerprint density at radius 3 is 2.50 bits per heavy atom. The summed E-state index contributed by atoms with van der Waals surface area (Å²) in [5.41, 5.74) is 10.9. The zero-order chi connectivity index (χ0) is 12.5. The van der Waals surface area contributed by atoms with Crippen LogP contribution < -0.4 is 11.5 Å². The number of hydrogen-bond donors (Lipinski definition) is 4. The fourth-order valence-electron chi connectivity index (χ4n) is 1.35. The van der Waals surface area contributed by atoms with Crippen LogP contribution >= 0.6 is 0 Å². The van der Waals surface area contributed by atoms with Crippen LogP contribution in [0.15, 0.2) is 12.1 Å². The largest absolute Gasteiger partial charge is 0.398 e. The van der Waals surface area contributed by atoms with Gasteiger partial charge in [0.25, 0.3) is 0 Å². The topological polar surface area (TPSA) is 110 Å².